The molecule has 8 heteroatoms. The first-order valence-electron chi connectivity index (χ1n) is 7.96. The standard InChI is InChI=1S/C16H22N6O2/c1-12-8-13(2)22(19-12)15-10-17-9-14(18-15)20-4-6-21(7-5-20)16(23)11-24-3/h8-10H,4-7,11H2,1-3H3. The Morgan fingerprint density at radius 1 is 1.17 bits per heavy atom. The molecule has 2 aromatic rings. The number of carbonyl (C=O) groups is 1. The molecule has 24 heavy (non-hydrogen) atoms. The van der Waals surface area contributed by atoms with E-state index in [-0.39, 0.29) is 12.5 Å². The number of anilines is 1. The Morgan fingerprint density at radius 2 is 1.88 bits per heavy atom. The Labute approximate surface area is 141 Å². The van der Waals surface area contributed by atoms with Gasteiger partial charge in [0.2, 0.25) is 5.91 Å². The molecule has 1 aliphatic rings. The quantitative estimate of drug-likeness (QED) is 0.816. The van der Waals surface area contributed by atoms with Crippen molar-refractivity contribution in [2.75, 3.05) is 44.8 Å². The molecule has 0 saturated carbocycles. The first-order valence-corrected chi connectivity index (χ1v) is 7.96. The summed E-state index contributed by atoms with van der Waals surface area (Å²) in [5.41, 5.74) is 1.97. The minimum atomic E-state index is 0.0274. The lowest BCUT2D eigenvalue weighted by molar-refractivity contribution is -0.135. The third kappa shape index (κ3) is 3.38. The Kier molecular flexibility index (Phi) is 4.75. The van der Waals surface area contributed by atoms with E-state index in [1.807, 2.05) is 24.8 Å². The highest BCUT2D eigenvalue weighted by Crippen LogP contribution is 2.16. The zero-order valence-electron chi connectivity index (χ0n) is 14.3. The molecule has 2 aromatic heterocycles. The van der Waals surface area contributed by atoms with Crippen molar-refractivity contribution in [1.82, 2.24) is 24.6 Å². The molecule has 0 N–H and O–H groups in total. The third-order valence-corrected chi connectivity index (χ3v) is 4.06. The van der Waals surface area contributed by atoms with Crippen molar-refractivity contribution in [3.05, 3.63) is 29.8 Å². The molecule has 0 aromatic carbocycles. The average molecular weight is 330 g/mol. The molecule has 0 bridgehead atoms. The molecule has 8 nitrogen and oxygen atoms in total. The number of carbonyl (C=O) groups excluding carboxylic acids is 1. The number of piperazine rings is 1. The fraction of sp³-hybridized carbons (Fsp3) is 0.500. The van der Waals surface area contributed by atoms with Crippen molar-refractivity contribution in [3.8, 4) is 5.82 Å². The summed E-state index contributed by atoms with van der Waals surface area (Å²) in [7, 11) is 1.54. The van der Waals surface area contributed by atoms with Gasteiger partial charge in [-0.2, -0.15) is 5.10 Å². The number of ether oxygens (including phenoxy) is 1. The fourth-order valence-corrected chi connectivity index (χ4v) is 2.86. The molecule has 0 radical (unpaired) electrons. The number of hydrogen-bond donors (Lipinski definition) is 0. The molecular weight excluding hydrogens is 308 g/mol. The van der Waals surface area contributed by atoms with Crippen LogP contribution in [-0.4, -0.2) is 70.5 Å². The van der Waals surface area contributed by atoms with E-state index in [4.69, 9.17) is 4.74 Å². The second kappa shape index (κ2) is 6.96. The van der Waals surface area contributed by atoms with Crippen LogP contribution in [0.4, 0.5) is 5.82 Å². The number of amides is 1. The zero-order chi connectivity index (χ0) is 17.1. The van der Waals surface area contributed by atoms with Crippen LogP contribution in [0.3, 0.4) is 0 Å². The average Bonchev–Trinajstić information content (AvgIpc) is 2.94. The highest BCUT2D eigenvalue weighted by molar-refractivity contribution is 5.77. The molecular formula is C16H22N6O2. The van der Waals surface area contributed by atoms with E-state index in [1.165, 1.54) is 7.11 Å². The molecule has 0 aliphatic carbocycles. The van der Waals surface area contributed by atoms with E-state index >= 15 is 0 Å². The highest BCUT2D eigenvalue weighted by Gasteiger charge is 2.22. The van der Waals surface area contributed by atoms with Gasteiger partial charge in [0.05, 0.1) is 18.1 Å². The summed E-state index contributed by atoms with van der Waals surface area (Å²) >= 11 is 0. The molecule has 1 aliphatic heterocycles. The van der Waals surface area contributed by atoms with E-state index in [0.717, 1.165) is 30.3 Å². The fourth-order valence-electron chi connectivity index (χ4n) is 2.86. The van der Waals surface area contributed by atoms with Crippen LogP contribution in [0.2, 0.25) is 0 Å². The second-order valence-corrected chi connectivity index (χ2v) is 5.88. The molecule has 1 amide bonds. The summed E-state index contributed by atoms with van der Waals surface area (Å²) in [4.78, 5) is 24.8. The molecule has 1 saturated heterocycles. The van der Waals surface area contributed by atoms with Crippen LogP contribution in [0.25, 0.3) is 5.82 Å². The minimum absolute atomic E-state index is 0.0274. The van der Waals surface area contributed by atoms with Gasteiger partial charge in [-0.3, -0.25) is 9.78 Å². The normalized spacial score (nSPS) is 15.0. The molecule has 0 atom stereocenters. The van der Waals surface area contributed by atoms with Crippen LogP contribution >= 0.6 is 0 Å². The lowest BCUT2D eigenvalue weighted by atomic mass is 10.3. The lowest BCUT2D eigenvalue weighted by Gasteiger charge is -2.35. The van der Waals surface area contributed by atoms with Gasteiger partial charge in [0, 0.05) is 39.0 Å². The third-order valence-electron chi connectivity index (χ3n) is 4.06. The van der Waals surface area contributed by atoms with Crippen LogP contribution in [0.5, 0.6) is 0 Å². The number of aryl methyl sites for hydroxylation is 2. The lowest BCUT2D eigenvalue weighted by Crippen LogP contribution is -2.50. The topological polar surface area (TPSA) is 76.4 Å². The number of hydrogen-bond acceptors (Lipinski definition) is 6. The minimum Gasteiger partial charge on any atom is -0.375 e. The first-order chi connectivity index (χ1) is 11.6. The SMILES string of the molecule is COCC(=O)N1CCN(c2cncc(-n3nc(C)cc3C)n2)CC1. The van der Waals surface area contributed by atoms with E-state index in [1.54, 1.807) is 17.1 Å². The van der Waals surface area contributed by atoms with E-state index in [0.29, 0.717) is 18.9 Å². The molecule has 128 valence electrons. The van der Waals surface area contributed by atoms with Crippen molar-refractivity contribution in [2.45, 2.75) is 13.8 Å². The Bertz CT molecular complexity index is 721. The van der Waals surface area contributed by atoms with Crippen molar-refractivity contribution >= 4 is 11.7 Å². The summed E-state index contributed by atoms with van der Waals surface area (Å²) in [6.45, 7) is 6.86. The van der Waals surface area contributed by atoms with Crippen molar-refractivity contribution < 1.29 is 9.53 Å². The summed E-state index contributed by atoms with van der Waals surface area (Å²) in [6, 6.07) is 2.01. The van der Waals surface area contributed by atoms with E-state index < -0.39 is 0 Å². The van der Waals surface area contributed by atoms with E-state index in [9.17, 15) is 4.79 Å². The maximum absolute atomic E-state index is 11.9. The van der Waals surface area contributed by atoms with Crippen molar-refractivity contribution in [2.24, 2.45) is 0 Å². The highest BCUT2D eigenvalue weighted by atomic mass is 16.5. The number of methoxy groups -OCH3 is 1. The van der Waals surface area contributed by atoms with E-state index in [2.05, 4.69) is 20.0 Å². The van der Waals surface area contributed by atoms with Crippen LogP contribution in [0.1, 0.15) is 11.4 Å². The first kappa shape index (κ1) is 16.4. The summed E-state index contributed by atoms with van der Waals surface area (Å²) in [5.74, 6) is 1.54. The van der Waals surface area contributed by atoms with Gasteiger partial charge in [0.25, 0.3) is 0 Å². The van der Waals surface area contributed by atoms with Gasteiger partial charge in [0.1, 0.15) is 12.4 Å². The summed E-state index contributed by atoms with van der Waals surface area (Å²) < 4.78 is 6.71. The van der Waals surface area contributed by atoms with Gasteiger partial charge in [-0.25, -0.2) is 9.67 Å². The summed E-state index contributed by atoms with van der Waals surface area (Å²) in [6.07, 6.45) is 3.46. The smallest absolute Gasteiger partial charge is 0.248 e. The molecule has 3 rings (SSSR count). The van der Waals surface area contributed by atoms with Gasteiger partial charge < -0.3 is 14.5 Å². The maximum Gasteiger partial charge on any atom is 0.248 e. The number of nitrogens with zero attached hydrogens (tertiary/aromatic N) is 6. The number of rotatable bonds is 4. The largest absolute Gasteiger partial charge is 0.375 e. The molecule has 0 spiro atoms. The number of aromatic nitrogens is 4. The van der Waals surface area contributed by atoms with Crippen LogP contribution in [0, 0.1) is 13.8 Å². The maximum atomic E-state index is 11.9. The summed E-state index contributed by atoms with van der Waals surface area (Å²) in [5, 5.41) is 4.45. The van der Waals surface area contributed by atoms with Gasteiger partial charge in [-0.15, -0.1) is 0 Å². The zero-order valence-corrected chi connectivity index (χ0v) is 14.3. The van der Waals surface area contributed by atoms with Crippen molar-refractivity contribution in [3.63, 3.8) is 0 Å². The molecule has 3 heterocycles. The second-order valence-electron chi connectivity index (χ2n) is 5.88. The molecule has 1 fully saturated rings. The monoisotopic (exact) mass is 330 g/mol. The van der Waals surface area contributed by atoms with Crippen LogP contribution in [-0.2, 0) is 9.53 Å². The van der Waals surface area contributed by atoms with Crippen LogP contribution in [0.15, 0.2) is 18.5 Å². The van der Waals surface area contributed by atoms with Crippen molar-refractivity contribution in [1.29, 1.82) is 0 Å². The van der Waals surface area contributed by atoms with Crippen LogP contribution < -0.4 is 4.90 Å². The Balaban J connectivity index is 1.72. The Morgan fingerprint density at radius 3 is 2.50 bits per heavy atom. The van der Waals surface area contributed by atoms with Gasteiger partial charge >= 0.3 is 0 Å². The van der Waals surface area contributed by atoms with Gasteiger partial charge in [-0.05, 0) is 19.9 Å². The Hall–Kier alpha value is -2.48. The predicted molar refractivity (Wildman–Crippen MR) is 89.3 cm³/mol. The molecule has 0 unspecified atom stereocenters. The predicted octanol–water partition coefficient (Wildman–Crippen LogP) is 0.574. The van der Waals surface area contributed by atoms with Gasteiger partial charge in [-0.1, -0.05) is 0 Å². The van der Waals surface area contributed by atoms with Gasteiger partial charge in [0.15, 0.2) is 5.82 Å².